The van der Waals surface area contributed by atoms with Crippen LogP contribution in [0.3, 0.4) is 0 Å². The molecule has 2 aromatic rings. The lowest BCUT2D eigenvalue weighted by molar-refractivity contribution is -0.139. The number of carbonyl (C=O) groups excluding carboxylic acids is 1. The number of ether oxygens (including phenoxy) is 1. The molecule has 1 heterocycles. The molecule has 0 radical (unpaired) electrons. The smallest absolute Gasteiger partial charge is 0.316 e. The van der Waals surface area contributed by atoms with E-state index >= 15 is 0 Å². The van der Waals surface area contributed by atoms with Gasteiger partial charge in [0.25, 0.3) is 0 Å². The summed E-state index contributed by atoms with van der Waals surface area (Å²) in [5.74, 6) is 0.351. The van der Waals surface area contributed by atoms with Crippen LogP contribution in [-0.2, 0) is 16.1 Å². The molecule has 0 unspecified atom stereocenters. The lowest BCUT2D eigenvalue weighted by atomic mass is 10.2. The Kier molecular flexibility index (Phi) is 7.42. The maximum Gasteiger partial charge on any atom is 0.316 e. The van der Waals surface area contributed by atoms with Crippen molar-refractivity contribution >= 4 is 58.4 Å². The first-order valence-corrected chi connectivity index (χ1v) is 9.10. The van der Waals surface area contributed by atoms with Crippen LogP contribution in [0.25, 0.3) is 0 Å². The van der Waals surface area contributed by atoms with Gasteiger partial charge in [-0.3, -0.25) is 4.79 Å². The van der Waals surface area contributed by atoms with Crippen molar-refractivity contribution in [1.29, 1.82) is 0 Å². The standard InChI is InChI=1S/C15H14Cl3N3O2S/c1-2-23-14(22)8-24-15-20-12(18)6-13(21-15)19-7-9-3-4-10(16)11(17)5-9/h3-6H,2,7-8H2,1H3,(H,19,20,21). The Hall–Kier alpha value is -1.21. The molecule has 0 fully saturated rings. The van der Waals surface area contributed by atoms with Crippen molar-refractivity contribution in [3.63, 3.8) is 0 Å². The van der Waals surface area contributed by atoms with Crippen molar-refractivity contribution in [2.45, 2.75) is 18.6 Å². The molecule has 0 atom stereocenters. The average molecular weight is 407 g/mol. The van der Waals surface area contributed by atoms with Crippen LogP contribution in [0, 0.1) is 0 Å². The molecule has 0 spiro atoms. The quantitative estimate of drug-likeness (QED) is 0.311. The van der Waals surface area contributed by atoms with Gasteiger partial charge in [-0.1, -0.05) is 52.6 Å². The van der Waals surface area contributed by atoms with Gasteiger partial charge in [0, 0.05) is 12.6 Å². The zero-order chi connectivity index (χ0) is 17.5. The van der Waals surface area contributed by atoms with Gasteiger partial charge in [-0.05, 0) is 24.6 Å². The van der Waals surface area contributed by atoms with Crippen molar-refractivity contribution < 1.29 is 9.53 Å². The summed E-state index contributed by atoms with van der Waals surface area (Å²) in [7, 11) is 0. The van der Waals surface area contributed by atoms with Gasteiger partial charge >= 0.3 is 5.97 Å². The second kappa shape index (κ2) is 9.32. The number of thioether (sulfide) groups is 1. The summed E-state index contributed by atoms with van der Waals surface area (Å²) in [5, 5.41) is 4.81. The molecule has 2 rings (SSSR count). The van der Waals surface area contributed by atoms with E-state index in [2.05, 4.69) is 15.3 Å². The van der Waals surface area contributed by atoms with Crippen LogP contribution in [0.2, 0.25) is 15.2 Å². The van der Waals surface area contributed by atoms with E-state index in [4.69, 9.17) is 39.5 Å². The van der Waals surface area contributed by atoms with Crippen molar-refractivity contribution in [3.05, 3.63) is 45.0 Å². The first-order valence-electron chi connectivity index (χ1n) is 6.98. The Morgan fingerprint density at radius 1 is 1.21 bits per heavy atom. The summed E-state index contributed by atoms with van der Waals surface area (Å²) in [6, 6.07) is 6.97. The van der Waals surface area contributed by atoms with Crippen molar-refractivity contribution in [3.8, 4) is 0 Å². The van der Waals surface area contributed by atoms with Gasteiger partial charge in [-0.15, -0.1) is 0 Å². The minimum absolute atomic E-state index is 0.125. The highest BCUT2D eigenvalue weighted by Gasteiger charge is 2.08. The number of nitrogens with one attached hydrogen (secondary N) is 1. The molecule has 1 N–H and O–H groups in total. The fraction of sp³-hybridized carbons (Fsp3) is 0.267. The van der Waals surface area contributed by atoms with E-state index in [1.54, 1.807) is 25.1 Å². The summed E-state index contributed by atoms with van der Waals surface area (Å²) in [6.07, 6.45) is 0. The third-order valence-electron chi connectivity index (χ3n) is 2.76. The largest absolute Gasteiger partial charge is 0.465 e. The number of benzene rings is 1. The molecule has 0 bridgehead atoms. The number of anilines is 1. The van der Waals surface area contributed by atoms with Crippen molar-refractivity contribution in [2.24, 2.45) is 0 Å². The molecule has 1 aromatic carbocycles. The van der Waals surface area contributed by atoms with E-state index in [9.17, 15) is 4.79 Å². The fourth-order valence-electron chi connectivity index (χ4n) is 1.72. The van der Waals surface area contributed by atoms with Crippen molar-refractivity contribution in [2.75, 3.05) is 17.7 Å². The molecule has 1 aromatic heterocycles. The molecular formula is C15H14Cl3N3O2S. The fourth-order valence-corrected chi connectivity index (χ4v) is 2.93. The van der Waals surface area contributed by atoms with E-state index in [1.807, 2.05) is 6.07 Å². The number of carbonyl (C=O) groups is 1. The zero-order valence-corrected chi connectivity index (χ0v) is 15.8. The maximum atomic E-state index is 11.4. The highest BCUT2D eigenvalue weighted by atomic mass is 35.5. The molecule has 0 amide bonds. The molecule has 0 aliphatic heterocycles. The van der Waals surface area contributed by atoms with E-state index in [1.165, 1.54) is 0 Å². The minimum atomic E-state index is -0.323. The topological polar surface area (TPSA) is 64.1 Å². The van der Waals surface area contributed by atoms with Crippen LogP contribution in [0.4, 0.5) is 5.82 Å². The molecular weight excluding hydrogens is 393 g/mol. The highest BCUT2D eigenvalue weighted by Crippen LogP contribution is 2.24. The Bertz CT molecular complexity index is 731. The molecule has 5 nitrogen and oxygen atoms in total. The molecule has 0 aliphatic carbocycles. The lowest BCUT2D eigenvalue weighted by Crippen LogP contribution is -2.08. The van der Waals surface area contributed by atoms with Crippen molar-refractivity contribution in [1.82, 2.24) is 9.97 Å². The summed E-state index contributed by atoms with van der Waals surface area (Å²) in [4.78, 5) is 19.8. The van der Waals surface area contributed by atoms with Crippen LogP contribution in [0.1, 0.15) is 12.5 Å². The Morgan fingerprint density at radius 2 is 2.00 bits per heavy atom. The summed E-state index contributed by atoms with van der Waals surface area (Å²) in [6.45, 7) is 2.59. The van der Waals surface area contributed by atoms with Crippen LogP contribution in [-0.4, -0.2) is 28.3 Å². The summed E-state index contributed by atoms with van der Waals surface area (Å²) in [5.41, 5.74) is 0.944. The molecule has 128 valence electrons. The van der Waals surface area contributed by atoms with Gasteiger partial charge in [0.2, 0.25) is 0 Å². The number of esters is 1. The van der Waals surface area contributed by atoms with Gasteiger partial charge in [0.05, 0.1) is 22.4 Å². The van der Waals surface area contributed by atoms with E-state index in [0.717, 1.165) is 17.3 Å². The summed E-state index contributed by atoms with van der Waals surface area (Å²) < 4.78 is 4.86. The van der Waals surface area contributed by atoms with Crippen LogP contribution >= 0.6 is 46.6 Å². The zero-order valence-electron chi connectivity index (χ0n) is 12.7. The van der Waals surface area contributed by atoms with E-state index in [-0.39, 0.29) is 16.9 Å². The second-order valence-electron chi connectivity index (χ2n) is 4.55. The third-order valence-corrected chi connectivity index (χ3v) is 4.51. The first-order chi connectivity index (χ1) is 11.5. The van der Waals surface area contributed by atoms with Gasteiger partial charge < -0.3 is 10.1 Å². The molecule has 0 saturated heterocycles. The van der Waals surface area contributed by atoms with Crippen LogP contribution in [0.15, 0.2) is 29.4 Å². The Balaban J connectivity index is 1.99. The minimum Gasteiger partial charge on any atom is -0.465 e. The number of aromatic nitrogens is 2. The van der Waals surface area contributed by atoms with Crippen LogP contribution < -0.4 is 5.32 Å². The number of rotatable bonds is 7. The van der Waals surface area contributed by atoms with Gasteiger partial charge in [0.1, 0.15) is 11.0 Å². The highest BCUT2D eigenvalue weighted by molar-refractivity contribution is 7.99. The predicted molar refractivity (Wildman–Crippen MR) is 98.2 cm³/mol. The average Bonchev–Trinajstić information content (AvgIpc) is 2.54. The number of halogens is 3. The third kappa shape index (κ3) is 6.02. The number of nitrogens with zero attached hydrogens (tertiary/aromatic N) is 2. The summed E-state index contributed by atoms with van der Waals surface area (Å²) >= 11 is 19.0. The Labute approximate surface area is 159 Å². The molecule has 0 aliphatic rings. The lowest BCUT2D eigenvalue weighted by Gasteiger charge is -2.08. The Morgan fingerprint density at radius 3 is 2.71 bits per heavy atom. The predicted octanol–water partition coefficient (Wildman–Crippen LogP) is 4.70. The normalized spacial score (nSPS) is 10.5. The molecule has 9 heteroatoms. The maximum absolute atomic E-state index is 11.4. The van der Waals surface area contributed by atoms with E-state index < -0.39 is 0 Å². The first kappa shape index (κ1) is 19.1. The van der Waals surface area contributed by atoms with Crippen LogP contribution in [0.5, 0.6) is 0 Å². The second-order valence-corrected chi connectivity index (χ2v) is 6.70. The monoisotopic (exact) mass is 405 g/mol. The van der Waals surface area contributed by atoms with Gasteiger partial charge in [0.15, 0.2) is 5.16 Å². The SMILES string of the molecule is CCOC(=O)CSc1nc(Cl)cc(NCc2ccc(Cl)c(Cl)c2)n1. The molecule has 24 heavy (non-hydrogen) atoms. The molecule has 0 saturated carbocycles. The number of hydrogen-bond donors (Lipinski definition) is 1. The number of hydrogen-bond acceptors (Lipinski definition) is 6. The van der Waals surface area contributed by atoms with E-state index in [0.29, 0.717) is 34.2 Å². The van der Waals surface area contributed by atoms with Gasteiger partial charge in [-0.2, -0.15) is 0 Å². The van der Waals surface area contributed by atoms with Gasteiger partial charge in [-0.25, -0.2) is 9.97 Å².